The van der Waals surface area contributed by atoms with E-state index < -0.39 is 5.97 Å². The van der Waals surface area contributed by atoms with E-state index >= 15 is 0 Å². The largest absolute Gasteiger partial charge is 0.481 e. The van der Waals surface area contributed by atoms with Gasteiger partial charge in [0.15, 0.2) is 0 Å². The molecule has 1 heterocycles. The number of rotatable bonds is 3. The number of aliphatic carboxylic acids is 1. The Morgan fingerprint density at radius 2 is 2.19 bits per heavy atom. The molecule has 16 heavy (non-hydrogen) atoms. The van der Waals surface area contributed by atoms with Gasteiger partial charge >= 0.3 is 5.97 Å². The molecule has 0 saturated heterocycles. The fourth-order valence-corrected chi connectivity index (χ4v) is 2.72. The molecule has 0 bridgehead atoms. The first-order valence-electron chi connectivity index (χ1n) is 5.89. The third-order valence-electron chi connectivity index (χ3n) is 3.71. The SMILES string of the molecule is O=C(O)C1CCCC1c1nncn1C1CC1. The lowest BCUT2D eigenvalue weighted by Gasteiger charge is -2.15. The van der Waals surface area contributed by atoms with Crippen molar-refractivity contribution in [2.24, 2.45) is 5.92 Å². The molecule has 3 rings (SSSR count). The Morgan fingerprint density at radius 1 is 1.38 bits per heavy atom. The molecular weight excluding hydrogens is 206 g/mol. The van der Waals surface area contributed by atoms with Crippen LogP contribution in [0.25, 0.3) is 0 Å². The van der Waals surface area contributed by atoms with Crippen LogP contribution in [0.4, 0.5) is 0 Å². The molecular formula is C11H15N3O2. The maximum absolute atomic E-state index is 11.1. The highest BCUT2D eigenvalue weighted by atomic mass is 16.4. The second-order valence-corrected chi connectivity index (χ2v) is 4.81. The number of hydrogen-bond donors (Lipinski definition) is 1. The van der Waals surface area contributed by atoms with Crippen LogP contribution < -0.4 is 0 Å². The van der Waals surface area contributed by atoms with Gasteiger partial charge in [0.2, 0.25) is 0 Å². The van der Waals surface area contributed by atoms with Gasteiger partial charge < -0.3 is 9.67 Å². The molecule has 0 amide bonds. The van der Waals surface area contributed by atoms with E-state index in [2.05, 4.69) is 14.8 Å². The zero-order valence-corrected chi connectivity index (χ0v) is 9.04. The van der Waals surface area contributed by atoms with Crippen molar-refractivity contribution in [2.45, 2.75) is 44.1 Å². The van der Waals surface area contributed by atoms with E-state index in [-0.39, 0.29) is 11.8 Å². The van der Waals surface area contributed by atoms with Crippen molar-refractivity contribution >= 4 is 5.97 Å². The van der Waals surface area contributed by atoms with Crippen molar-refractivity contribution in [3.8, 4) is 0 Å². The van der Waals surface area contributed by atoms with Gasteiger partial charge in [0, 0.05) is 12.0 Å². The number of carbonyl (C=O) groups is 1. The summed E-state index contributed by atoms with van der Waals surface area (Å²) in [4.78, 5) is 11.1. The first kappa shape index (κ1) is 9.81. The topological polar surface area (TPSA) is 68.0 Å². The van der Waals surface area contributed by atoms with E-state index in [1.807, 2.05) is 0 Å². The van der Waals surface area contributed by atoms with Crippen molar-refractivity contribution in [1.82, 2.24) is 14.8 Å². The first-order chi connectivity index (χ1) is 7.77. The van der Waals surface area contributed by atoms with Gasteiger partial charge in [-0.2, -0.15) is 0 Å². The van der Waals surface area contributed by atoms with Gasteiger partial charge in [0.1, 0.15) is 12.2 Å². The highest BCUT2D eigenvalue weighted by Crippen LogP contribution is 2.43. The Balaban J connectivity index is 1.90. The van der Waals surface area contributed by atoms with E-state index in [9.17, 15) is 9.90 Å². The Labute approximate surface area is 93.5 Å². The molecule has 86 valence electrons. The van der Waals surface area contributed by atoms with E-state index in [4.69, 9.17) is 0 Å². The van der Waals surface area contributed by atoms with Crippen molar-refractivity contribution < 1.29 is 9.90 Å². The van der Waals surface area contributed by atoms with Crippen LogP contribution >= 0.6 is 0 Å². The minimum atomic E-state index is -0.687. The summed E-state index contributed by atoms with van der Waals surface area (Å²) in [5, 5.41) is 17.3. The molecule has 1 aromatic rings. The zero-order chi connectivity index (χ0) is 11.1. The summed E-state index contributed by atoms with van der Waals surface area (Å²) in [6, 6.07) is 0.528. The summed E-state index contributed by atoms with van der Waals surface area (Å²) in [5.74, 6) is 0.0162. The van der Waals surface area contributed by atoms with Crippen molar-refractivity contribution in [1.29, 1.82) is 0 Å². The normalized spacial score (nSPS) is 29.5. The van der Waals surface area contributed by atoms with Crippen molar-refractivity contribution in [2.75, 3.05) is 0 Å². The van der Waals surface area contributed by atoms with Crippen LogP contribution in [0.3, 0.4) is 0 Å². The maximum Gasteiger partial charge on any atom is 0.307 e. The summed E-state index contributed by atoms with van der Waals surface area (Å²) in [6.07, 6.45) is 6.80. The fraction of sp³-hybridized carbons (Fsp3) is 0.727. The fourth-order valence-electron chi connectivity index (χ4n) is 2.72. The van der Waals surface area contributed by atoms with E-state index in [0.29, 0.717) is 6.04 Å². The molecule has 0 aromatic carbocycles. The van der Waals surface area contributed by atoms with Gasteiger partial charge in [-0.3, -0.25) is 4.79 Å². The Kier molecular flexibility index (Phi) is 2.19. The second-order valence-electron chi connectivity index (χ2n) is 4.81. The van der Waals surface area contributed by atoms with E-state index in [1.54, 1.807) is 6.33 Å². The van der Waals surface area contributed by atoms with Gasteiger partial charge in [-0.25, -0.2) is 0 Å². The van der Waals surface area contributed by atoms with Crippen LogP contribution in [-0.2, 0) is 4.79 Å². The summed E-state index contributed by atoms with van der Waals surface area (Å²) >= 11 is 0. The molecule has 2 aliphatic carbocycles. The molecule has 2 saturated carbocycles. The summed E-state index contributed by atoms with van der Waals surface area (Å²) in [7, 11) is 0. The second kappa shape index (κ2) is 3.57. The van der Waals surface area contributed by atoms with Crippen molar-refractivity contribution in [3.05, 3.63) is 12.2 Å². The summed E-state index contributed by atoms with van der Waals surface area (Å²) in [5.41, 5.74) is 0. The molecule has 2 fully saturated rings. The summed E-state index contributed by atoms with van der Waals surface area (Å²) < 4.78 is 2.09. The maximum atomic E-state index is 11.1. The Morgan fingerprint density at radius 3 is 2.88 bits per heavy atom. The third kappa shape index (κ3) is 1.50. The molecule has 2 unspecified atom stereocenters. The van der Waals surface area contributed by atoms with E-state index in [1.165, 1.54) is 12.8 Å². The van der Waals surface area contributed by atoms with Crippen LogP contribution in [0.5, 0.6) is 0 Å². The quantitative estimate of drug-likeness (QED) is 0.841. The molecule has 5 nitrogen and oxygen atoms in total. The third-order valence-corrected chi connectivity index (χ3v) is 3.71. The predicted molar refractivity (Wildman–Crippen MR) is 56.0 cm³/mol. The molecule has 1 N–H and O–H groups in total. The van der Waals surface area contributed by atoms with Gasteiger partial charge in [0.25, 0.3) is 0 Å². The highest BCUT2D eigenvalue weighted by molar-refractivity contribution is 5.71. The van der Waals surface area contributed by atoms with Crippen LogP contribution in [0.15, 0.2) is 6.33 Å². The average molecular weight is 221 g/mol. The minimum absolute atomic E-state index is 0.0700. The van der Waals surface area contributed by atoms with E-state index in [0.717, 1.165) is 25.1 Å². The average Bonchev–Trinajstić information content (AvgIpc) is 2.82. The van der Waals surface area contributed by atoms with Gasteiger partial charge in [-0.05, 0) is 25.7 Å². The Bertz CT molecular complexity index is 411. The molecule has 0 aliphatic heterocycles. The zero-order valence-electron chi connectivity index (χ0n) is 9.04. The lowest BCUT2D eigenvalue weighted by molar-refractivity contribution is -0.142. The smallest absolute Gasteiger partial charge is 0.307 e. The van der Waals surface area contributed by atoms with Crippen LogP contribution in [-0.4, -0.2) is 25.8 Å². The van der Waals surface area contributed by atoms with Crippen LogP contribution in [0.1, 0.15) is 49.9 Å². The standard InChI is InChI=1S/C11H15N3O2/c15-11(16)9-3-1-2-8(9)10-13-12-6-14(10)7-4-5-7/h6-9H,1-5H2,(H,15,16). The Hall–Kier alpha value is -1.39. The molecule has 2 aliphatic rings. The summed E-state index contributed by atoms with van der Waals surface area (Å²) in [6.45, 7) is 0. The van der Waals surface area contributed by atoms with Crippen LogP contribution in [0, 0.1) is 5.92 Å². The van der Waals surface area contributed by atoms with Crippen LogP contribution in [0.2, 0.25) is 0 Å². The van der Waals surface area contributed by atoms with Crippen molar-refractivity contribution in [3.63, 3.8) is 0 Å². The lowest BCUT2D eigenvalue weighted by Crippen LogP contribution is -2.19. The first-order valence-corrected chi connectivity index (χ1v) is 5.89. The number of carboxylic acid groups (broad SMARTS) is 1. The number of carboxylic acids is 1. The number of nitrogens with zero attached hydrogens (tertiary/aromatic N) is 3. The number of aromatic nitrogens is 3. The predicted octanol–water partition coefficient (Wildman–Crippen LogP) is 1.58. The minimum Gasteiger partial charge on any atom is -0.481 e. The molecule has 0 spiro atoms. The van der Waals surface area contributed by atoms with Gasteiger partial charge in [-0.1, -0.05) is 6.42 Å². The molecule has 5 heteroatoms. The highest BCUT2D eigenvalue weighted by Gasteiger charge is 2.38. The molecule has 0 radical (unpaired) electrons. The molecule has 2 atom stereocenters. The monoisotopic (exact) mass is 221 g/mol. The molecule has 1 aromatic heterocycles. The van der Waals surface area contributed by atoms with Gasteiger partial charge in [-0.15, -0.1) is 10.2 Å². The van der Waals surface area contributed by atoms with Gasteiger partial charge in [0.05, 0.1) is 5.92 Å². The lowest BCUT2D eigenvalue weighted by atomic mass is 9.95. The number of hydrogen-bond acceptors (Lipinski definition) is 3.